The highest BCUT2D eigenvalue weighted by atomic mass is 35.5. The lowest BCUT2D eigenvalue weighted by atomic mass is 9.93. The summed E-state index contributed by atoms with van der Waals surface area (Å²) in [6.07, 6.45) is 6.21. The van der Waals surface area contributed by atoms with E-state index in [1.807, 2.05) is 23.5 Å². The van der Waals surface area contributed by atoms with Crippen LogP contribution in [-0.2, 0) is 13.2 Å². The summed E-state index contributed by atoms with van der Waals surface area (Å²) in [6, 6.07) is 17.3. The fourth-order valence-electron chi connectivity index (χ4n) is 4.28. The van der Waals surface area contributed by atoms with Crippen LogP contribution >= 0.6 is 22.9 Å². The molecule has 2 nitrogen and oxygen atoms in total. The van der Waals surface area contributed by atoms with Crippen molar-refractivity contribution in [2.24, 2.45) is 5.92 Å². The molecule has 0 spiro atoms. The summed E-state index contributed by atoms with van der Waals surface area (Å²) < 4.78 is 1.28. The zero-order valence-corrected chi connectivity index (χ0v) is 17.3. The van der Waals surface area contributed by atoms with Crippen molar-refractivity contribution in [2.75, 3.05) is 6.54 Å². The van der Waals surface area contributed by atoms with Crippen molar-refractivity contribution >= 4 is 38.6 Å². The van der Waals surface area contributed by atoms with Crippen LogP contribution in [0.4, 0.5) is 0 Å². The summed E-state index contributed by atoms with van der Waals surface area (Å²) >= 11 is 8.56. The molecule has 0 saturated heterocycles. The molecule has 0 amide bonds. The Balaban J connectivity index is 1.41. The smallest absolute Gasteiger partial charge is 0.0681 e. The normalized spacial score (nSPS) is 20.5. The molecule has 0 bridgehead atoms. The van der Waals surface area contributed by atoms with E-state index >= 15 is 0 Å². The first-order chi connectivity index (χ1) is 13.7. The van der Waals surface area contributed by atoms with Crippen molar-refractivity contribution in [1.29, 1.82) is 0 Å². The molecule has 3 aromatic rings. The van der Waals surface area contributed by atoms with E-state index in [0.29, 0.717) is 6.04 Å². The summed E-state index contributed by atoms with van der Waals surface area (Å²) in [4.78, 5) is 3.91. The minimum Gasteiger partial charge on any atom is -0.392 e. The highest BCUT2D eigenvalue weighted by Crippen LogP contribution is 2.42. The fraction of sp³-hybridized carbons (Fsp3) is 0.333. The Morgan fingerprint density at radius 2 is 1.86 bits per heavy atom. The molecular weight excluding hydrogens is 386 g/mol. The second-order valence-electron chi connectivity index (χ2n) is 7.93. The van der Waals surface area contributed by atoms with Gasteiger partial charge in [0.25, 0.3) is 0 Å². The number of fused-ring (bicyclic) bond motifs is 1. The molecule has 1 unspecified atom stereocenters. The molecule has 4 heteroatoms. The first kappa shape index (κ1) is 18.4. The highest BCUT2D eigenvalue weighted by molar-refractivity contribution is 7.19. The summed E-state index contributed by atoms with van der Waals surface area (Å²) in [5.41, 5.74) is 3.71. The summed E-state index contributed by atoms with van der Waals surface area (Å²) in [7, 11) is 0. The molecule has 1 aliphatic heterocycles. The van der Waals surface area contributed by atoms with Gasteiger partial charge in [-0.3, -0.25) is 4.90 Å². The van der Waals surface area contributed by atoms with Crippen molar-refractivity contribution < 1.29 is 5.11 Å². The van der Waals surface area contributed by atoms with Crippen molar-refractivity contribution in [3.05, 3.63) is 75.6 Å². The maximum Gasteiger partial charge on any atom is 0.0681 e. The Morgan fingerprint density at radius 3 is 2.57 bits per heavy atom. The van der Waals surface area contributed by atoms with Gasteiger partial charge in [-0.15, -0.1) is 11.3 Å². The van der Waals surface area contributed by atoms with Crippen LogP contribution in [0, 0.1) is 5.92 Å². The molecule has 1 N–H and O–H groups in total. The third-order valence-corrected chi connectivity index (χ3v) is 7.72. The number of hydrogen-bond donors (Lipinski definition) is 1. The molecule has 1 fully saturated rings. The molecule has 1 aromatic heterocycles. The number of rotatable bonds is 5. The summed E-state index contributed by atoms with van der Waals surface area (Å²) in [6.45, 7) is 2.11. The number of thiophene rings is 1. The Bertz CT molecular complexity index is 1020. The zero-order chi connectivity index (χ0) is 19.1. The van der Waals surface area contributed by atoms with Crippen LogP contribution in [0.5, 0.6) is 0 Å². The molecular formula is C24H24ClNOS. The molecule has 0 radical (unpaired) electrons. The van der Waals surface area contributed by atoms with Gasteiger partial charge in [-0.25, -0.2) is 0 Å². The largest absolute Gasteiger partial charge is 0.392 e. The molecule has 1 aliphatic carbocycles. The van der Waals surface area contributed by atoms with E-state index in [4.69, 9.17) is 11.6 Å². The lowest BCUT2D eigenvalue weighted by molar-refractivity contribution is 0.200. The van der Waals surface area contributed by atoms with Gasteiger partial charge in [0.1, 0.15) is 0 Å². The fourth-order valence-corrected chi connectivity index (χ4v) is 5.80. The van der Waals surface area contributed by atoms with E-state index < -0.39 is 0 Å². The summed E-state index contributed by atoms with van der Waals surface area (Å²) in [5, 5.41) is 11.4. The number of hydrogen-bond acceptors (Lipinski definition) is 3. The van der Waals surface area contributed by atoms with Crippen LogP contribution in [0.1, 0.15) is 35.3 Å². The lowest BCUT2D eigenvalue weighted by Gasteiger charge is -2.34. The monoisotopic (exact) mass is 409 g/mol. The van der Waals surface area contributed by atoms with Gasteiger partial charge in [0.05, 0.1) is 11.6 Å². The molecule has 1 saturated carbocycles. The number of benzene rings is 2. The topological polar surface area (TPSA) is 23.5 Å². The van der Waals surface area contributed by atoms with Gasteiger partial charge in [-0.2, -0.15) is 0 Å². The molecule has 2 aromatic carbocycles. The first-order valence-corrected chi connectivity index (χ1v) is 11.2. The van der Waals surface area contributed by atoms with E-state index in [-0.39, 0.29) is 6.61 Å². The predicted octanol–water partition coefficient (Wildman–Crippen LogP) is 6.11. The average molecular weight is 410 g/mol. The Morgan fingerprint density at radius 1 is 1.07 bits per heavy atom. The van der Waals surface area contributed by atoms with Crippen molar-refractivity contribution in [1.82, 2.24) is 4.90 Å². The first-order valence-electron chi connectivity index (χ1n) is 10.0. The maximum absolute atomic E-state index is 9.28. The SMILES string of the molecule is OCc1ccc(C2=CC(C3CC3)N(Cc3sc4ccccc4c3Cl)CC2)cc1. The highest BCUT2D eigenvalue weighted by Gasteiger charge is 2.36. The van der Waals surface area contributed by atoms with Gasteiger partial charge >= 0.3 is 0 Å². The quantitative estimate of drug-likeness (QED) is 0.549. The van der Waals surface area contributed by atoms with Crippen LogP contribution in [0.3, 0.4) is 0 Å². The second kappa shape index (κ2) is 7.64. The predicted molar refractivity (Wildman–Crippen MR) is 119 cm³/mol. The van der Waals surface area contributed by atoms with E-state index in [0.717, 1.165) is 36.0 Å². The van der Waals surface area contributed by atoms with Crippen LogP contribution in [0.25, 0.3) is 15.7 Å². The maximum atomic E-state index is 9.28. The van der Waals surface area contributed by atoms with Gasteiger partial charge < -0.3 is 5.11 Å². The van der Waals surface area contributed by atoms with Gasteiger partial charge in [0.15, 0.2) is 0 Å². The zero-order valence-electron chi connectivity index (χ0n) is 15.8. The molecule has 28 heavy (non-hydrogen) atoms. The molecule has 2 aliphatic rings. The van der Waals surface area contributed by atoms with E-state index in [9.17, 15) is 5.11 Å². The minimum atomic E-state index is 0.105. The van der Waals surface area contributed by atoms with Crippen LogP contribution in [0.15, 0.2) is 54.6 Å². The van der Waals surface area contributed by atoms with Gasteiger partial charge in [0.2, 0.25) is 0 Å². The van der Waals surface area contributed by atoms with Crippen LogP contribution < -0.4 is 0 Å². The number of aliphatic hydroxyl groups excluding tert-OH is 1. The lowest BCUT2D eigenvalue weighted by Crippen LogP contribution is -2.38. The summed E-state index contributed by atoms with van der Waals surface area (Å²) in [5.74, 6) is 0.778. The van der Waals surface area contributed by atoms with Crippen LogP contribution in [-0.4, -0.2) is 22.6 Å². The van der Waals surface area contributed by atoms with Gasteiger partial charge in [0, 0.05) is 34.1 Å². The second-order valence-corrected chi connectivity index (χ2v) is 9.45. The van der Waals surface area contributed by atoms with Gasteiger partial charge in [-0.1, -0.05) is 60.1 Å². The molecule has 5 rings (SSSR count). The third-order valence-electron chi connectivity index (χ3n) is 6.02. The molecule has 144 valence electrons. The van der Waals surface area contributed by atoms with E-state index in [1.165, 1.54) is 38.9 Å². The number of nitrogens with zero attached hydrogens (tertiary/aromatic N) is 1. The standard InChI is InChI=1S/C24H24ClNOS/c25-24-20-3-1-2-4-22(20)28-23(24)14-26-12-11-19(13-21(26)18-9-10-18)17-7-5-16(15-27)6-8-17/h1-8,13,18,21,27H,9-12,14-15H2. The number of halogens is 1. The Labute approximate surface area is 175 Å². The third kappa shape index (κ3) is 3.53. The van der Waals surface area contributed by atoms with Crippen molar-refractivity contribution in [3.63, 3.8) is 0 Å². The Hall–Kier alpha value is -1.65. The van der Waals surface area contributed by atoms with Gasteiger partial charge in [-0.05, 0) is 47.9 Å². The van der Waals surface area contributed by atoms with E-state index in [2.05, 4.69) is 47.4 Å². The minimum absolute atomic E-state index is 0.105. The van der Waals surface area contributed by atoms with Crippen LogP contribution in [0.2, 0.25) is 5.02 Å². The molecule has 1 atom stereocenters. The van der Waals surface area contributed by atoms with Crippen molar-refractivity contribution in [2.45, 2.75) is 38.5 Å². The number of aliphatic hydroxyl groups is 1. The van der Waals surface area contributed by atoms with Crippen molar-refractivity contribution in [3.8, 4) is 0 Å². The van der Waals surface area contributed by atoms with E-state index in [1.54, 1.807) is 0 Å². The average Bonchev–Trinajstić information content (AvgIpc) is 3.54. The Kier molecular flexibility index (Phi) is 5.02. The molecule has 2 heterocycles.